The minimum absolute atomic E-state index is 0.641. The first kappa shape index (κ1) is 18.9. The third-order valence-electron chi connectivity index (χ3n) is 4.66. The molecule has 0 radical (unpaired) electrons. The summed E-state index contributed by atoms with van der Waals surface area (Å²) in [6.07, 6.45) is 4.89. The first-order valence-corrected chi connectivity index (χ1v) is 9.17. The van der Waals surface area contributed by atoms with Crippen LogP contribution in [0.4, 0.5) is 0 Å². The van der Waals surface area contributed by atoms with Crippen molar-refractivity contribution in [3.8, 4) is 0 Å². The summed E-state index contributed by atoms with van der Waals surface area (Å²) >= 11 is 0. The van der Waals surface area contributed by atoms with Crippen LogP contribution in [0.15, 0.2) is 0 Å². The second-order valence-corrected chi connectivity index (χ2v) is 7.00. The molecule has 0 spiro atoms. The summed E-state index contributed by atoms with van der Waals surface area (Å²) in [4.78, 5) is 2.73. The molecule has 0 aromatic heterocycles. The highest BCUT2D eigenvalue weighted by Crippen LogP contribution is 2.20. The zero-order valence-electron chi connectivity index (χ0n) is 15.0. The Morgan fingerprint density at radius 3 is 2.48 bits per heavy atom. The SMILES string of the molecule is CCCNC1CCOCC1CN(CC(C)C)C(CC)CC. The highest BCUT2D eigenvalue weighted by Gasteiger charge is 2.29. The molecule has 1 rings (SSSR count). The molecule has 2 atom stereocenters. The molecule has 21 heavy (non-hydrogen) atoms. The summed E-state index contributed by atoms with van der Waals surface area (Å²) in [6.45, 7) is 16.9. The van der Waals surface area contributed by atoms with Gasteiger partial charge in [0, 0.05) is 37.7 Å². The van der Waals surface area contributed by atoms with E-state index in [1.807, 2.05) is 0 Å². The number of hydrogen-bond acceptors (Lipinski definition) is 3. The van der Waals surface area contributed by atoms with Crippen LogP contribution >= 0.6 is 0 Å². The molecule has 3 heteroatoms. The van der Waals surface area contributed by atoms with Gasteiger partial charge in [-0.1, -0.05) is 34.6 Å². The molecule has 1 N–H and O–H groups in total. The van der Waals surface area contributed by atoms with Crippen LogP contribution in [0.3, 0.4) is 0 Å². The quantitative estimate of drug-likeness (QED) is 0.667. The molecule has 3 nitrogen and oxygen atoms in total. The summed E-state index contributed by atoms with van der Waals surface area (Å²) in [5.41, 5.74) is 0. The minimum atomic E-state index is 0.641. The lowest BCUT2D eigenvalue weighted by atomic mass is 9.93. The van der Waals surface area contributed by atoms with Gasteiger partial charge >= 0.3 is 0 Å². The lowest BCUT2D eigenvalue weighted by molar-refractivity contribution is 0.00695. The van der Waals surface area contributed by atoms with Gasteiger partial charge in [0.2, 0.25) is 0 Å². The van der Waals surface area contributed by atoms with Gasteiger partial charge in [0.15, 0.2) is 0 Å². The summed E-state index contributed by atoms with van der Waals surface area (Å²) < 4.78 is 5.78. The van der Waals surface area contributed by atoms with Crippen molar-refractivity contribution in [1.82, 2.24) is 10.2 Å². The minimum Gasteiger partial charge on any atom is -0.381 e. The molecule has 0 bridgehead atoms. The van der Waals surface area contributed by atoms with E-state index in [-0.39, 0.29) is 0 Å². The second-order valence-electron chi connectivity index (χ2n) is 7.00. The van der Waals surface area contributed by atoms with Gasteiger partial charge in [0.25, 0.3) is 0 Å². The van der Waals surface area contributed by atoms with Gasteiger partial charge < -0.3 is 10.1 Å². The summed E-state index contributed by atoms with van der Waals surface area (Å²) in [6, 6.07) is 1.36. The molecule has 1 aliphatic rings. The molecular formula is C18H38N2O. The number of nitrogens with one attached hydrogen (secondary N) is 1. The lowest BCUT2D eigenvalue weighted by Crippen LogP contribution is -2.50. The van der Waals surface area contributed by atoms with Crippen molar-refractivity contribution in [2.45, 2.75) is 72.4 Å². The Hall–Kier alpha value is -0.120. The van der Waals surface area contributed by atoms with E-state index in [0.717, 1.165) is 31.7 Å². The van der Waals surface area contributed by atoms with Crippen molar-refractivity contribution in [1.29, 1.82) is 0 Å². The van der Waals surface area contributed by atoms with Gasteiger partial charge in [-0.15, -0.1) is 0 Å². The number of hydrogen-bond donors (Lipinski definition) is 1. The van der Waals surface area contributed by atoms with Crippen LogP contribution in [0.5, 0.6) is 0 Å². The number of ether oxygens (including phenoxy) is 1. The number of nitrogens with zero attached hydrogens (tertiary/aromatic N) is 1. The smallest absolute Gasteiger partial charge is 0.0521 e. The maximum absolute atomic E-state index is 5.78. The Morgan fingerprint density at radius 2 is 1.90 bits per heavy atom. The van der Waals surface area contributed by atoms with Crippen LogP contribution in [0.1, 0.15) is 60.3 Å². The van der Waals surface area contributed by atoms with E-state index in [2.05, 4.69) is 44.8 Å². The fourth-order valence-electron chi connectivity index (χ4n) is 3.52. The Morgan fingerprint density at radius 1 is 1.19 bits per heavy atom. The van der Waals surface area contributed by atoms with Crippen LogP contribution in [0.2, 0.25) is 0 Å². The molecule has 1 aliphatic heterocycles. The second kappa shape index (κ2) is 10.6. The van der Waals surface area contributed by atoms with Gasteiger partial charge in [0.05, 0.1) is 6.61 Å². The van der Waals surface area contributed by atoms with Gasteiger partial charge in [-0.25, -0.2) is 0 Å². The summed E-state index contributed by atoms with van der Waals surface area (Å²) in [7, 11) is 0. The molecule has 0 aromatic carbocycles. The molecule has 2 unspecified atom stereocenters. The zero-order chi connectivity index (χ0) is 15.7. The normalized spacial score (nSPS) is 23.4. The first-order chi connectivity index (χ1) is 10.1. The highest BCUT2D eigenvalue weighted by atomic mass is 16.5. The molecular weight excluding hydrogens is 260 g/mol. The fraction of sp³-hybridized carbons (Fsp3) is 1.00. The third kappa shape index (κ3) is 6.66. The first-order valence-electron chi connectivity index (χ1n) is 9.17. The standard InChI is InChI=1S/C18H38N2O/c1-6-10-19-18-9-11-21-14-16(18)13-20(12-15(4)5)17(7-2)8-3/h15-19H,6-14H2,1-5H3. The van der Waals surface area contributed by atoms with E-state index < -0.39 is 0 Å². The Labute approximate surface area is 132 Å². The Balaban J connectivity index is 2.64. The van der Waals surface area contributed by atoms with E-state index in [9.17, 15) is 0 Å². The van der Waals surface area contributed by atoms with Gasteiger partial charge in [-0.05, 0) is 38.1 Å². The van der Waals surface area contributed by atoms with Gasteiger partial charge in [0.1, 0.15) is 0 Å². The maximum Gasteiger partial charge on any atom is 0.0521 e. The van der Waals surface area contributed by atoms with Crippen LogP contribution < -0.4 is 5.32 Å². The molecule has 1 fully saturated rings. The highest BCUT2D eigenvalue weighted by molar-refractivity contribution is 4.84. The van der Waals surface area contributed by atoms with Crippen LogP contribution in [0, 0.1) is 11.8 Å². The lowest BCUT2D eigenvalue weighted by Gasteiger charge is -2.39. The zero-order valence-corrected chi connectivity index (χ0v) is 15.0. The van der Waals surface area contributed by atoms with Crippen LogP contribution in [-0.2, 0) is 4.74 Å². The predicted octanol–water partition coefficient (Wildman–Crippen LogP) is 3.54. The van der Waals surface area contributed by atoms with E-state index in [1.54, 1.807) is 0 Å². The fourth-order valence-corrected chi connectivity index (χ4v) is 3.52. The van der Waals surface area contributed by atoms with Crippen molar-refractivity contribution in [3.05, 3.63) is 0 Å². The Kier molecular flexibility index (Phi) is 9.54. The molecule has 0 aromatic rings. The van der Waals surface area contributed by atoms with Crippen molar-refractivity contribution >= 4 is 0 Å². The average molecular weight is 299 g/mol. The largest absolute Gasteiger partial charge is 0.381 e. The van der Waals surface area contributed by atoms with Gasteiger partial charge in [-0.2, -0.15) is 0 Å². The molecule has 1 heterocycles. The Bertz CT molecular complexity index is 254. The van der Waals surface area contributed by atoms with E-state index in [4.69, 9.17) is 4.74 Å². The third-order valence-corrected chi connectivity index (χ3v) is 4.66. The molecule has 0 saturated carbocycles. The van der Waals surface area contributed by atoms with Crippen LogP contribution in [-0.4, -0.2) is 49.8 Å². The molecule has 126 valence electrons. The summed E-state index contributed by atoms with van der Waals surface area (Å²) in [5.74, 6) is 1.38. The van der Waals surface area contributed by atoms with Crippen molar-refractivity contribution in [2.75, 3.05) is 32.8 Å². The maximum atomic E-state index is 5.78. The van der Waals surface area contributed by atoms with E-state index in [0.29, 0.717) is 12.0 Å². The molecule has 0 aliphatic carbocycles. The van der Waals surface area contributed by atoms with Crippen LogP contribution in [0.25, 0.3) is 0 Å². The summed E-state index contributed by atoms with van der Waals surface area (Å²) in [5, 5.41) is 3.75. The molecule has 0 amide bonds. The average Bonchev–Trinajstić information content (AvgIpc) is 2.47. The van der Waals surface area contributed by atoms with Gasteiger partial charge in [-0.3, -0.25) is 4.90 Å². The monoisotopic (exact) mass is 298 g/mol. The van der Waals surface area contributed by atoms with E-state index in [1.165, 1.54) is 38.8 Å². The van der Waals surface area contributed by atoms with Crippen molar-refractivity contribution in [3.63, 3.8) is 0 Å². The topological polar surface area (TPSA) is 24.5 Å². The van der Waals surface area contributed by atoms with Crippen molar-refractivity contribution < 1.29 is 4.74 Å². The number of rotatable bonds is 10. The van der Waals surface area contributed by atoms with E-state index >= 15 is 0 Å². The van der Waals surface area contributed by atoms with Crippen molar-refractivity contribution in [2.24, 2.45) is 11.8 Å². The predicted molar refractivity (Wildman–Crippen MR) is 91.8 cm³/mol. The molecule has 1 saturated heterocycles.